The number of benzene rings is 3. The van der Waals surface area contributed by atoms with E-state index in [-0.39, 0.29) is 36.0 Å². The summed E-state index contributed by atoms with van der Waals surface area (Å²) >= 11 is 7.95. The van der Waals surface area contributed by atoms with Gasteiger partial charge in [-0.3, -0.25) is 6.08 Å². The molecule has 197 valence electrons. The molecule has 6 heteroatoms. The van der Waals surface area contributed by atoms with E-state index in [1.54, 1.807) is 6.07 Å². The molecule has 37 heavy (non-hydrogen) atoms. The van der Waals surface area contributed by atoms with Crippen LogP contribution in [0.2, 0.25) is 24.7 Å². The van der Waals surface area contributed by atoms with E-state index in [4.69, 9.17) is 11.6 Å². The van der Waals surface area contributed by atoms with Crippen LogP contribution in [0.5, 0.6) is 5.75 Å². The van der Waals surface area contributed by atoms with Gasteiger partial charge in [-0.15, -0.1) is 6.42 Å². The quantitative estimate of drug-likeness (QED) is 0.359. The fourth-order valence-electron chi connectivity index (χ4n) is 3.30. The van der Waals surface area contributed by atoms with E-state index in [2.05, 4.69) is 127 Å². The Labute approximate surface area is 253 Å². The summed E-state index contributed by atoms with van der Waals surface area (Å²) in [6.07, 6.45) is 8.82. The van der Waals surface area contributed by atoms with Gasteiger partial charge < -0.3 is 29.9 Å². The van der Waals surface area contributed by atoms with Crippen LogP contribution in [0.15, 0.2) is 96.2 Å². The zero-order valence-electron chi connectivity index (χ0n) is 22.4. The van der Waals surface area contributed by atoms with Crippen LogP contribution in [-0.4, -0.2) is 17.0 Å². The van der Waals surface area contributed by atoms with Crippen molar-refractivity contribution in [3.8, 4) is 5.75 Å². The monoisotopic (exact) mass is 605 g/mol. The van der Waals surface area contributed by atoms with Crippen molar-refractivity contribution in [3.05, 3.63) is 124 Å². The average Bonchev–Trinajstić information content (AvgIpc) is 3.35. The van der Waals surface area contributed by atoms with Crippen molar-refractivity contribution in [2.75, 3.05) is 0 Å². The molecule has 0 bridgehead atoms. The second-order valence-corrected chi connectivity index (χ2v) is 16.8. The Hall–Kier alpha value is -1.39. The minimum absolute atomic E-state index is 0. The van der Waals surface area contributed by atoms with Crippen LogP contribution < -0.4 is 24.8 Å². The molecule has 1 nitrogen and oxygen atoms in total. The zero-order chi connectivity index (χ0) is 26.1. The van der Waals surface area contributed by atoms with Crippen molar-refractivity contribution >= 4 is 23.5 Å². The number of hydrogen-bond donors (Lipinski definition) is 1. The summed E-state index contributed by atoms with van der Waals surface area (Å²) in [5, 5.41) is 11.3. The van der Waals surface area contributed by atoms with E-state index in [1.807, 2.05) is 18.2 Å². The van der Waals surface area contributed by atoms with E-state index in [0.29, 0.717) is 5.02 Å². The first kappa shape index (κ1) is 35.6. The van der Waals surface area contributed by atoms with Gasteiger partial charge in [0.25, 0.3) is 0 Å². The molecule has 0 radical (unpaired) electrons. The Morgan fingerprint density at radius 2 is 1.35 bits per heavy atom. The van der Waals surface area contributed by atoms with E-state index >= 15 is 0 Å². The predicted molar refractivity (Wildman–Crippen MR) is 152 cm³/mol. The fourth-order valence-corrected chi connectivity index (χ4v) is 5.30. The van der Waals surface area contributed by atoms with Crippen LogP contribution in [0.3, 0.4) is 0 Å². The fraction of sp³-hybridized carbons (Fsp3) is 0.258. The molecule has 0 aromatic heterocycles. The maximum atomic E-state index is 9.27. The second-order valence-electron chi connectivity index (χ2n) is 10.5. The number of aromatic hydroxyl groups is 1. The summed E-state index contributed by atoms with van der Waals surface area (Å²) in [5.41, 5.74) is 3.66. The molecule has 0 aliphatic heterocycles. The predicted octanol–water partition coefficient (Wildman–Crippen LogP) is 2.71. The number of phenolic OH excluding ortho intramolecular Hbond substituents is 1. The van der Waals surface area contributed by atoms with Gasteiger partial charge in [-0.25, -0.2) is 11.3 Å². The van der Waals surface area contributed by atoms with Crippen molar-refractivity contribution in [1.29, 1.82) is 0 Å². The summed E-state index contributed by atoms with van der Waals surface area (Å²) in [7, 11) is -1.01. The molecule has 0 saturated carbocycles. The standard InChI is InChI=1S/C13H10.C10H13ClO.C8H13Si.2ClH.Ti/c1-3-7-12(8-4-1)11-13-9-5-2-6-10-13;1-10(2,3)7-4-8(11)6-9(12)5-7;1-9(2,3)8-6-4-5-7-8;;;/h1-10H;4-6,12H,1-3H3;4,6H,5H2,1-3H3;2*1H;/q;;-1;;;+1/p-2. The molecule has 0 unspecified atom stereocenters. The Kier molecular flexibility index (Phi) is 15.9. The molecule has 0 heterocycles. The Bertz CT molecular complexity index is 1100. The van der Waals surface area contributed by atoms with Crippen molar-refractivity contribution < 1.29 is 49.9 Å². The molecule has 0 amide bonds. The molecular weight excluding hydrogens is 571 g/mol. The first-order valence-corrected chi connectivity index (χ1v) is 16.5. The topological polar surface area (TPSA) is 20.2 Å². The van der Waals surface area contributed by atoms with E-state index in [9.17, 15) is 5.11 Å². The van der Waals surface area contributed by atoms with Gasteiger partial charge >= 0.3 is 95.6 Å². The molecule has 4 rings (SSSR count). The molecule has 1 N–H and O–H groups in total. The first-order valence-electron chi connectivity index (χ1n) is 11.8. The van der Waals surface area contributed by atoms with Crippen molar-refractivity contribution in [1.82, 2.24) is 0 Å². The SMILES string of the molecule is CC(C)(C)c1cc(O)cc(Cl)c1.C[Si](C)(C)C1=[C-]CC=C1.[Cl-].[Cl-].[Ti+]=[C](c1ccccc1)c1ccccc1. The third kappa shape index (κ3) is 12.8. The van der Waals surface area contributed by atoms with Gasteiger partial charge in [-0.2, -0.15) is 6.08 Å². The van der Waals surface area contributed by atoms with Crippen LogP contribution in [0, 0.1) is 6.08 Å². The molecule has 1 aliphatic rings. The van der Waals surface area contributed by atoms with Gasteiger partial charge in [0.15, 0.2) is 0 Å². The van der Waals surface area contributed by atoms with E-state index in [0.717, 1.165) is 12.0 Å². The van der Waals surface area contributed by atoms with Crippen molar-refractivity contribution in [3.63, 3.8) is 0 Å². The van der Waals surface area contributed by atoms with Crippen molar-refractivity contribution in [2.45, 2.75) is 52.2 Å². The Morgan fingerprint density at radius 3 is 1.68 bits per heavy atom. The number of halogens is 3. The number of allylic oxidation sites excluding steroid dienone is 4. The van der Waals surface area contributed by atoms with Gasteiger partial charge in [-0.1, -0.05) is 52.0 Å². The molecule has 0 atom stereocenters. The second kappa shape index (κ2) is 16.5. The zero-order valence-corrected chi connectivity index (χ0v) is 27.3. The normalized spacial score (nSPS) is 12.0. The summed E-state index contributed by atoms with van der Waals surface area (Å²) in [4.78, 5) is 0. The van der Waals surface area contributed by atoms with E-state index < -0.39 is 8.07 Å². The van der Waals surface area contributed by atoms with Gasteiger partial charge in [0.05, 0.1) is 0 Å². The van der Waals surface area contributed by atoms with Crippen LogP contribution >= 0.6 is 11.6 Å². The summed E-state index contributed by atoms with van der Waals surface area (Å²) in [6, 6.07) is 26.1. The van der Waals surface area contributed by atoms with Crippen molar-refractivity contribution in [2.24, 2.45) is 0 Å². The molecule has 3 aromatic rings. The van der Waals surface area contributed by atoms with Gasteiger partial charge in [0.1, 0.15) is 5.75 Å². The summed E-state index contributed by atoms with van der Waals surface area (Å²) < 4.78 is 1.33. The Morgan fingerprint density at radius 1 is 0.865 bits per heavy atom. The molecule has 0 saturated heterocycles. The molecule has 0 fully saturated rings. The van der Waals surface area contributed by atoms with Gasteiger partial charge in [0.2, 0.25) is 0 Å². The summed E-state index contributed by atoms with van der Waals surface area (Å²) in [5.74, 6) is 0.229. The Balaban J connectivity index is 0.000000523. The molecule has 3 aromatic carbocycles. The number of phenols is 1. The van der Waals surface area contributed by atoms with Crippen LogP contribution in [0.1, 0.15) is 43.9 Å². The van der Waals surface area contributed by atoms with E-state index in [1.165, 1.54) is 26.2 Å². The third-order valence-corrected chi connectivity index (χ3v) is 8.46. The number of rotatable bonds is 3. The molecule has 1 aliphatic carbocycles. The minimum atomic E-state index is -1.01. The van der Waals surface area contributed by atoms with Crippen LogP contribution in [-0.2, 0) is 25.4 Å². The van der Waals surface area contributed by atoms with Gasteiger partial charge in [-0.05, 0) is 29.2 Å². The average molecular weight is 607 g/mol. The van der Waals surface area contributed by atoms with Crippen LogP contribution in [0.25, 0.3) is 0 Å². The van der Waals surface area contributed by atoms with Crippen LogP contribution in [0.4, 0.5) is 0 Å². The first-order chi connectivity index (χ1) is 16.4. The maximum absolute atomic E-state index is 9.27. The number of hydrogen-bond acceptors (Lipinski definition) is 1. The molecular formula is C31H36Cl3OSiTi-2. The third-order valence-electron chi connectivity index (χ3n) is 5.38. The summed E-state index contributed by atoms with van der Waals surface area (Å²) in [6.45, 7) is 13.3. The molecule has 0 spiro atoms. The van der Waals surface area contributed by atoms with Gasteiger partial charge in [0, 0.05) is 13.1 Å².